The number of piperazine rings is 1. The number of rotatable bonds is 2. The van der Waals surface area contributed by atoms with E-state index in [1.165, 1.54) is 0 Å². The minimum absolute atomic E-state index is 0.0468. The third-order valence-corrected chi connectivity index (χ3v) is 5.53. The van der Waals surface area contributed by atoms with Crippen LogP contribution in [0.5, 0.6) is 0 Å². The van der Waals surface area contributed by atoms with E-state index in [0.29, 0.717) is 23.0 Å². The van der Waals surface area contributed by atoms with Crippen LogP contribution in [0.15, 0.2) is 29.2 Å². The lowest BCUT2D eigenvalue weighted by atomic mass is 10.2. The van der Waals surface area contributed by atoms with Crippen molar-refractivity contribution >= 4 is 21.6 Å². The van der Waals surface area contributed by atoms with Gasteiger partial charge in [-0.15, -0.1) is 0 Å². The molecule has 0 saturated carbocycles. The van der Waals surface area contributed by atoms with Gasteiger partial charge < -0.3 is 5.32 Å². The van der Waals surface area contributed by atoms with Gasteiger partial charge >= 0.3 is 0 Å². The van der Waals surface area contributed by atoms with Crippen molar-refractivity contribution in [3.05, 3.63) is 29.3 Å². The van der Waals surface area contributed by atoms with Crippen molar-refractivity contribution in [2.45, 2.75) is 30.8 Å². The molecule has 1 aromatic rings. The molecule has 100 valence electrons. The maximum absolute atomic E-state index is 12.6. The first kappa shape index (κ1) is 13.8. The van der Waals surface area contributed by atoms with Gasteiger partial charge in [0.25, 0.3) is 0 Å². The predicted molar refractivity (Wildman–Crippen MR) is 72.3 cm³/mol. The van der Waals surface area contributed by atoms with Gasteiger partial charge in [0, 0.05) is 30.2 Å². The minimum atomic E-state index is -3.44. The number of benzene rings is 1. The number of nitrogens with zero attached hydrogens (tertiary/aromatic N) is 1. The molecule has 1 N–H and O–H groups in total. The normalized spacial score (nSPS) is 26.2. The summed E-state index contributed by atoms with van der Waals surface area (Å²) >= 11 is 5.79. The monoisotopic (exact) mass is 288 g/mol. The molecule has 0 radical (unpaired) electrons. The highest BCUT2D eigenvalue weighted by Gasteiger charge is 2.35. The molecular weight excluding hydrogens is 272 g/mol. The van der Waals surface area contributed by atoms with Crippen LogP contribution in [0, 0.1) is 0 Å². The van der Waals surface area contributed by atoms with Gasteiger partial charge in [0.05, 0.1) is 4.90 Å². The number of hydrogen-bond acceptors (Lipinski definition) is 3. The van der Waals surface area contributed by atoms with Gasteiger partial charge in [-0.1, -0.05) is 11.6 Å². The van der Waals surface area contributed by atoms with Crippen LogP contribution in [-0.2, 0) is 10.0 Å². The quantitative estimate of drug-likeness (QED) is 0.901. The van der Waals surface area contributed by atoms with Crippen LogP contribution in [-0.4, -0.2) is 37.9 Å². The molecule has 2 rings (SSSR count). The van der Waals surface area contributed by atoms with Gasteiger partial charge in [0.1, 0.15) is 0 Å². The molecule has 18 heavy (non-hydrogen) atoms. The van der Waals surface area contributed by atoms with E-state index in [1.54, 1.807) is 28.6 Å². The smallest absolute Gasteiger partial charge is 0.243 e. The van der Waals surface area contributed by atoms with Crippen LogP contribution in [0.1, 0.15) is 13.8 Å². The first-order valence-electron chi connectivity index (χ1n) is 5.93. The molecule has 2 atom stereocenters. The molecule has 1 aliphatic rings. The molecule has 4 nitrogen and oxygen atoms in total. The van der Waals surface area contributed by atoms with E-state index < -0.39 is 10.0 Å². The van der Waals surface area contributed by atoms with E-state index in [0.717, 1.165) is 0 Å². The third kappa shape index (κ3) is 2.54. The second-order valence-corrected chi connectivity index (χ2v) is 6.92. The summed E-state index contributed by atoms with van der Waals surface area (Å²) < 4.78 is 26.7. The fourth-order valence-corrected chi connectivity index (χ4v) is 4.26. The van der Waals surface area contributed by atoms with Crippen molar-refractivity contribution in [1.29, 1.82) is 0 Å². The molecule has 0 amide bonds. The molecule has 1 aliphatic heterocycles. The zero-order chi connectivity index (χ0) is 13.3. The Bertz CT molecular complexity index is 505. The fraction of sp³-hybridized carbons (Fsp3) is 0.500. The van der Waals surface area contributed by atoms with Crippen molar-refractivity contribution in [3.8, 4) is 0 Å². The van der Waals surface area contributed by atoms with Crippen LogP contribution in [0.2, 0.25) is 5.02 Å². The Kier molecular flexibility index (Phi) is 3.96. The highest BCUT2D eigenvalue weighted by atomic mass is 35.5. The third-order valence-electron chi connectivity index (χ3n) is 3.14. The molecule has 1 aromatic carbocycles. The van der Waals surface area contributed by atoms with Crippen LogP contribution >= 0.6 is 11.6 Å². The fourth-order valence-electron chi connectivity index (χ4n) is 2.32. The highest BCUT2D eigenvalue weighted by molar-refractivity contribution is 7.89. The lowest BCUT2D eigenvalue weighted by Crippen LogP contribution is -2.57. The largest absolute Gasteiger partial charge is 0.314 e. The van der Waals surface area contributed by atoms with Crippen molar-refractivity contribution in [2.24, 2.45) is 0 Å². The van der Waals surface area contributed by atoms with E-state index in [9.17, 15) is 8.42 Å². The van der Waals surface area contributed by atoms with Gasteiger partial charge in [-0.25, -0.2) is 8.42 Å². The highest BCUT2D eigenvalue weighted by Crippen LogP contribution is 2.23. The summed E-state index contributed by atoms with van der Waals surface area (Å²) in [5, 5.41) is 3.76. The van der Waals surface area contributed by atoms with Gasteiger partial charge in [0.2, 0.25) is 10.0 Å². The Morgan fingerprint density at radius 3 is 2.17 bits per heavy atom. The maximum atomic E-state index is 12.6. The van der Waals surface area contributed by atoms with E-state index in [1.807, 2.05) is 13.8 Å². The molecule has 0 spiro atoms. The number of sulfonamides is 1. The lowest BCUT2D eigenvalue weighted by Gasteiger charge is -2.38. The van der Waals surface area contributed by atoms with E-state index in [4.69, 9.17) is 11.6 Å². The predicted octanol–water partition coefficient (Wildman–Crippen LogP) is 1.71. The minimum Gasteiger partial charge on any atom is -0.314 e. The Labute approximate surface area is 113 Å². The van der Waals surface area contributed by atoms with Gasteiger partial charge in [-0.05, 0) is 38.1 Å². The summed E-state index contributed by atoms with van der Waals surface area (Å²) in [5.74, 6) is 0. The first-order valence-corrected chi connectivity index (χ1v) is 7.74. The van der Waals surface area contributed by atoms with Crippen LogP contribution in [0.4, 0.5) is 0 Å². The van der Waals surface area contributed by atoms with E-state index >= 15 is 0 Å². The summed E-state index contributed by atoms with van der Waals surface area (Å²) in [7, 11) is -3.44. The summed E-state index contributed by atoms with van der Waals surface area (Å²) in [6, 6.07) is 6.22. The van der Waals surface area contributed by atoms with Crippen molar-refractivity contribution in [2.75, 3.05) is 13.1 Å². The van der Waals surface area contributed by atoms with Crippen LogP contribution < -0.4 is 5.32 Å². The second kappa shape index (κ2) is 5.17. The average molecular weight is 289 g/mol. The number of halogens is 1. The summed E-state index contributed by atoms with van der Waals surface area (Å²) in [6.07, 6.45) is 0. The van der Waals surface area contributed by atoms with E-state index in [2.05, 4.69) is 5.32 Å². The van der Waals surface area contributed by atoms with Crippen molar-refractivity contribution in [1.82, 2.24) is 9.62 Å². The molecule has 2 unspecified atom stereocenters. The van der Waals surface area contributed by atoms with Gasteiger partial charge in [-0.2, -0.15) is 4.31 Å². The number of nitrogens with one attached hydrogen (secondary N) is 1. The molecule has 1 saturated heterocycles. The Morgan fingerprint density at radius 1 is 1.17 bits per heavy atom. The van der Waals surface area contributed by atoms with E-state index in [-0.39, 0.29) is 12.1 Å². The molecule has 1 fully saturated rings. The summed E-state index contributed by atoms with van der Waals surface area (Å²) in [6.45, 7) is 5.18. The van der Waals surface area contributed by atoms with Crippen molar-refractivity contribution in [3.63, 3.8) is 0 Å². The zero-order valence-corrected chi connectivity index (χ0v) is 12.0. The average Bonchev–Trinajstić information content (AvgIpc) is 2.29. The zero-order valence-electron chi connectivity index (χ0n) is 10.4. The Morgan fingerprint density at radius 2 is 1.67 bits per heavy atom. The van der Waals surface area contributed by atoms with Gasteiger partial charge in [0.15, 0.2) is 0 Å². The standard InChI is InChI=1S/C12H17ClN2O2S/c1-9-7-14-8-10(2)15(9)18(16,17)12-5-3-11(13)4-6-12/h3-6,9-10,14H,7-8H2,1-2H3. The number of hydrogen-bond donors (Lipinski definition) is 1. The molecule has 0 bridgehead atoms. The van der Waals surface area contributed by atoms with Crippen LogP contribution in [0.25, 0.3) is 0 Å². The molecule has 0 aromatic heterocycles. The molecule has 1 heterocycles. The Balaban J connectivity index is 2.38. The SMILES string of the molecule is CC1CNCC(C)N1S(=O)(=O)c1ccc(Cl)cc1. The summed E-state index contributed by atoms with van der Waals surface area (Å²) in [4.78, 5) is 0.299. The lowest BCUT2D eigenvalue weighted by molar-refractivity contribution is 0.220. The second-order valence-electron chi connectivity index (χ2n) is 4.65. The topological polar surface area (TPSA) is 49.4 Å². The molecular formula is C12H17ClN2O2S. The molecule has 0 aliphatic carbocycles. The summed E-state index contributed by atoms with van der Waals surface area (Å²) in [5.41, 5.74) is 0. The van der Waals surface area contributed by atoms with Gasteiger partial charge in [-0.3, -0.25) is 0 Å². The molecule has 6 heteroatoms. The first-order chi connectivity index (χ1) is 8.43. The van der Waals surface area contributed by atoms with Crippen molar-refractivity contribution < 1.29 is 8.42 Å². The van der Waals surface area contributed by atoms with Crippen LogP contribution in [0.3, 0.4) is 0 Å². The maximum Gasteiger partial charge on any atom is 0.243 e. The Hall–Kier alpha value is -0.620.